The molecule has 0 aliphatic heterocycles. The number of aryl methyl sites for hydroxylation is 1. The number of aromatic nitrogens is 5. The van der Waals surface area contributed by atoms with Crippen molar-refractivity contribution in [2.45, 2.75) is 6.42 Å². The Morgan fingerprint density at radius 2 is 2.22 bits per heavy atom. The average molecular weight is 247 g/mol. The Morgan fingerprint density at radius 1 is 1.39 bits per heavy atom. The summed E-state index contributed by atoms with van der Waals surface area (Å²) in [7, 11) is 5.77. The van der Waals surface area contributed by atoms with Gasteiger partial charge in [-0.15, -0.1) is 10.2 Å². The van der Waals surface area contributed by atoms with E-state index in [1.54, 1.807) is 12.5 Å². The average Bonchev–Trinajstić information content (AvgIpc) is 2.76. The molecule has 0 amide bonds. The van der Waals surface area contributed by atoms with Crippen molar-refractivity contribution >= 4 is 11.8 Å². The van der Waals surface area contributed by atoms with Crippen molar-refractivity contribution in [1.82, 2.24) is 24.7 Å². The minimum atomic E-state index is 0.693. The van der Waals surface area contributed by atoms with Crippen LogP contribution in [-0.2, 0) is 13.5 Å². The van der Waals surface area contributed by atoms with Crippen LogP contribution in [-0.4, -0.2) is 45.4 Å². The Labute approximate surface area is 106 Å². The van der Waals surface area contributed by atoms with Gasteiger partial charge in [0.1, 0.15) is 18.0 Å². The number of anilines is 2. The van der Waals surface area contributed by atoms with E-state index >= 15 is 0 Å². The summed E-state index contributed by atoms with van der Waals surface area (Å²) in [5.74, 6) is 2.46. The van der Waals surface area contributed by atoms with Crippen LogP contribution in [0.2, 0.25) is 0 Å². The third kappa shape index (κ3) is 2.93. The second-order valence-electron chi connectivity index (χ2n) is 4.17. The van der Waals surface area contributed by atoms with Gasteiger partial charge in [-0.3, -0.25) is 0 Å². The van der Waals surface area contributed by atoms with Crippen LogP contribution in [0.1, 0.15) is 5.82 Å². The minimum Gasteiger partial charge on any atom is -0.369 e. The van der Waals surface area contributed by atoms with Crippen LogP contribution in [0, 0.1) is 0 Å². The van der Waals surface area contributed by atoms with Gasteiger partial charge in [-0.25, -0.2) is 4.98 Å². The topological polar surface area (TPSA) is 71.8 Å². The standard InChI is InChI=1S/C11H17N7/c1-17(2)11-13-6-4-9(15-11)12-7-5-10-16-14-8-18(10)3/h4,6,8H,5,7H2,1-3H3,(H,12,13,15). The van der Waals surface area contributed by atoms with Crippen LogP contribution in [0.15, 0.2) is 18.6 Å². The van der Waals surface area contributed by atoms with Crippen LogP contribution >= 0.6 is 0 Å². The molecule has 2 aromatic heterocycles. The molecule has 0 atom stereocenters. The maximum absolute atomic E-state index is 4.37. The molecule has 7 nitrogen and oxygen atoms in total. The lowest BCUT2D eigenvalue weighted by Gasteiger charge is -2.11. The monoisotopic (exact) mass is 247 g/mol. The Hall–Kier alpha value is -2.18. The van der Waals surface area contributed by atoms with Gasteiger partial charge in [0.15, 0.2) is 0 Å². The molecule has 0 unspecified atom stereocenters. The predicted molar refractivity (Wildman–Crippen MR) is 69.6 cm³/mol. The first-order valence-electron chi connectivity index (χ1n) is 5.74. The molecule has 0 saturated carbocycles. The summed E-state index contributed by atoms with van der Waals surface area (Å²) in [6.07, 6.45) is 4.24. The molecule has 1 N–H and O–H groups in total. The molecular formula is C11H17N7. The van der Waals surface area contributed by atoms with Crippen molar-refractivity contribution in [2.24, 2.45) is 7.05 Å². The SMILES string of the molecule is CN(C)c1nccc(NCCc2nncn2C)n1. The van der Waals surface area contributed by atoms with Gasteiger partial charge >= 0.3 is 0 Å². The maximum Gasteiger partial charge on any atom is 0.226 e. The Bertz CT molecular complexity index is 506. The summed E-state index contributed by atoms with van der Waals surface area (Å²) in [4.78, 5) is 10.4. The van der Waals surface area contributed by atoms with Gasteiger partial charge in [-0.1, -0.05) is 0 Å². The summed E-state index contributed by atoms with van der Waals surface area (Å²) >= 11 is 0. The molecule has 0 saturated heterocycles. The molecule has 0 aliphatic rings. The molecule has 96 valence electrons. The fourth-order valence-electron chi connectivity index (χ4n) is 1.50. The van der Waals surface area contributed by atoms with Gasteiger partial charge in [0.2, 0.25) is 5.95 Å². The summed E-state index contributed by atoms with van der Waals surface area (Å²) in [6, 6.07) is 1.85. The van der Waals surface area contributed by atoms with Crippen LogP contribution in [0.3, 0.4) is 0 Å². The largest absolute Gasteiger partial charge is 0.369 e. The van der Waals surface area contributed by atoms with E-state index in [1.807, 2.05) is 36.7 Å². The highest BCUT2D eigenvalue weighted by Gasteiger charge is 2.02. The van der Waals surface area contributed by atoms with Crippen molar-refractivity contribution in [3.63, 3.8) is 0 Å². The number of nitrogens with one attached hydrogen (secondary N) is 1. The minimum absolute atomic E-state index is 0.693. The lowest BCUT2D eigenvalue weighted by Crippen LogP contribution is -2.14. The lowest BCUT2D eigenvalue weighted by atomic mass is 10.4. The number of rotatable bonds is 5. The molecule has 0 aromatic carbocycles. The van der Waals surface area contributed by atoms with E-state index in [4.69, 9.17) is 0 Å². The van der Waals surface area contributed by atoms with Gasteiger partial charge in [0.25, 0.3) is 0 Å². The fourth-order valence-corrected chi connectivity index (χ4v) is 1.50. The first-order valence-corrected chi connectivity index (χ1v) is 5.74. The highest BCUT2D eigenvalue weighted by molar-refractivity contribution is 5.40. The number of hydrogen-bond donors (Lipinski definition) is 1. The quantitative estimate of drug-likeness (QED) is 0.820. The molecule has 7 heteroatoms. The lowest BCUT2D eigenvalue weighted by molar-refractivity contribution is 0.787. The van der Waals surface area contributed by atoms with Crippen LogP contribution in [0.25, 0.3) is 0 Å². The fraction of sp³-hybridized carbons (Fsp3) is 0.455. The molecule has 0 spiro atoms. The van der Waals surface area contributed by atoms with E-state index in [0.717, 1.165) is 24.6 Å². The van der Waals surface area contributed by atoms with Crippen molar-refractivity contribution < 1.29 is 0 Å². The van der Waals surface area contributed by atoms with Crippen molar-refractivity contribution in [2.75, 3.05) is 30.9 Å². The highest BCUT2D eigenvalue weighted by atomic mass is 15.3. The molecular weight excluding hydrogens is 230 g/mol. The Morgan fingerprint density at radius 3 is 2.89 bits per heavy atom. The normalized spacial score (nSPS) is 10.4. The maximum atomic E-state index is 4.37. The van der Waals surface area contributed by atoms with Crippen LogP contribution in [0.5, 0.6) is 0 Å². The zero-order valence-corrected chi connectivity index (χ0v) is 10.8. The van der Waals surface area contributed by atoms with Gasteiger partial charge < -0.3 is 14.8 Å². The van der Waals surface area contributed by atoms with Crippen molar-refractivity contribution in [1.29, 1.82) is 0 Å². The predicted octanol–water partition coefficient (Wildman–Crippen LogP) is 0.326. The van der Waals surface area contributed by atoms with Gasteiger partial charge in [-0.2, -0.15) is 4.98 Å². The second kappa shape index (κ2) is 5.44. The summed E-state index contributed by atoms with van der Waals surface area (Å²) in [6.45, 7) is 0.760. The first-order chi connectivity index (χ1) is 8.66. The van der Waals surface area contributed by atoms with E-state index in [0.29, 0.717) is 5.95 Å². The van der Waals surface area contributed by atoms with Crippen molar-refractivity contribution in [3.8, 4) is 0 Å². The number of hydrogen-bond acceptors (Lipinski definition) is 6. The first kappa shape index (κ1) is 12.3. The van der Waals surface area contributed by atoms with Gasteiger partial charge in [0, 0.05) is 40.3 Å². The summed E-state index contributed by atoms with van der Waals surface area (Å²) in [5.41, 5.74) is 0. The van der Waals surface area contributed by atoms with E-state index in [9.17, 15) is 0 Å². The van der Waals surface area contributed by atoms with Gasteiger partial charge in [-0.05, 0) is 6.07 Å². The summed E-state index contributed by atoms with van der Waals surface area (Å²) < 4.78 is 1.91. The van der Waals surface area contributed by atoms with Crippen LogP contribution < -0.4 is 10.2 Å². The molecule has 0 aliphatic carbocycles. The zero-order valence-electron chi connectivity index (χ0n) is 10.8. The molecule has 2 rings (SSSR count). The third-order valence-corrected chi connectivity index (χ3v) is 2.50. The summed E-state index contributed by atoms with van der Waals surface area (Å²) in [5, 5.41) is 11.1. The Balaban J connectivity index is 1.90. The molecule has 18 heavy (non-hydrogen) atoms. The molecule has 2 heterocycles. The van der Waals surface area contributed by atoms with E-state index < -0.39 is 0 Å². The highest BCUT2D eigenvalue weighted by Crippen LogP contribution is 2.07. The Kier molecular flexibility index (Phi) is 3.71. The molecule has 0 bridgehead atoms. The second-order valence-corrected chi connectivity index (χ2v) is 4.17. The van der Waals surface area contributed by atoms with Crippen molar-refractivity contribution in [3.05, 3.63) is 24.4 Å². The number of nitrogens with zero attached hydrogens (tertiary/aromatic N) is 6. The van der Waals surface area contributed by atoms with Gasteiger partial charge in [0.05, 0.1) is 0 Å². The molecule has 2 aromatic rings. The van der Waals surface area contributed by atoms with E-state index in [-0.39, 0.29) is 0 Å². The van der Waals surface area contributed by atoms with E-state index in [2.05, 4.69) is 25.5 Å². The molecule has 0 radical (unpaired) electrons. The third-order valence-electron chi connectivity index (χ3n) is 2.50. The van der Waals surface area contributed by atoms with Crippen LogP contribution in [0.4, 0.5) is 11.8 Å². The van der Waals surface area contributed by atoms with E-state index in [1.165, 1.54) is 0 Å². The molecule has 0 fully saturated rings. The zero-order chi connectivity index (χ0) is 13.0. The smallest absolute Gasteiger partial charge is 0.226 e.